The van der Waals surface area contributed by atoms with Gasteiger partial charge in [0.15, 0.2) is 0 Å². The molecule has 1 aromatic carbocycles. The summed E-state index contributed by atoms with van der Waals surface area (Å²) < 4.78 is 0. The second kappa shape index (κ2) is 6.95. The Bertz CT molecular complexity index is 566. The summed E-state index contributed by atoms with van der Waals surface area (Å²) in [5, 5.41) is 5.93. The molecule has 2 unspecified atom stereocenters. The minimum atomic E-state index is -0.184. The maximum absolute atomic E-state index is 12.4. The van der Waals surface area contributed by atoms with Crippen LogP contribution in [0.1, 0.15) is 38.3 Å². The minimum Gasteiger partial charge on any atom is -0.356 e. The van der Waals surface area contributed by atoms with Crippen LogP contribution in [0, 0.1) is 24.7 Å². The van der Waals surface area contributed by atoms with E-state index in [1.807, 2.05) is 25.1 Å². The number of para-hydroxylation sites is 1. The Morgan fingerprint density at radius 3 is 2.55 bits per heavy atom. The van der Waals surface area contributed by atoms with Crippen LogP contribution in [0.2, 0.25) is 0 Å². The van der Waals surface area contributed by atoms with Crippen molar-refractivity contribution in [2.75, 3.05) is 11.9 Å². The number of hydrogen-bond donors (Lipinski definition) is 2. The fourth-order valence-electron chi connectivity index (χ4n) is 2.63. The zero-order chi connectivity index (χ0) is 16.3. The lowest BCUT2D eigenvalue weighted by Crippen LogP contribution is -2.30. The molecule has 0 aliphatic heterocycles. The van der Waals surface area contributed by atoms with Gasteiger partial charge in [0.25, 0.3) is 0 Å². The van der Waals surface area contributed by atoms with Crippen LogP contribution in [0.25, 0.3) is 0 Å². The molecule has 22 heavy (non-hydrogen) atoms. The van der Waals surface area contributed by atoms with E-state index >= 15 is 0 Å². The van der Waals surface area contributed by atoms with Crippen molar-refractivity contribution in [3.63, 3.8) is 0 Å². The molecule has 1 fully saturated rings. The van der Waals surface area contributed by atoms with E-state index in [2.05, 4.69) is 31.4 Å². The first-order valence-corrected chi connectivity index (χ1v) is 8.11. The van der Waals surface area contributed by atoms with Gasteiger partial charge in [0, 0.05) is 12.2 Å². The van der Waals surface area contributed by atoms with Crippen LogP contribution in [0.5, 0.6) is 0 Å². The molecule has 2 N–H and O–H groups in total. The van der Waals surface area contributed by atoms with Crippen molar-refractivity contribution in [1.29, 1.82) is 0 Å². The number of rotatable bonds is 6. The van der Waals surface area contributed by atoms with E-state index in [0.29, 0.717) is 18.9 Å². The Labute approximate surface area is 132 Å². The zero-order valence-corrected chi connectivity index (χ0v) is 13.9. The molecule has 4 nitrogen and oxygen atoms in total. The highest BCUT2D eigenvalue weighted by Crippen LogP contribution is 2.40. The maximum atomic E-state index is 12.4. The molecule has 2 atom stereocenters. The van der Waals surface area contributed by atoms with Crippen LogP contribution in [-0.2, 0) is 16.0 Å². The second-order valence-corrected chi connectivity index (χ2v) is 6.54. The Kier molecular flexibility index (Phi) is 5.22. The van der Waals surface area contributed by atoms with Crippen molar-refractivity contribution < 1.29 is 9.59 Å². The number of hydrogen-bond acceptors (Lipinski definition) is 2. The summed E-state index contributed by atoms with van der Waals surface area (Å²) in [5.74, 6) is 0.0569. The molecule has 4 heteroatoms. The van der Waals surface area contributed by atoms with E-state index in [9.17, 15) is 9.59 Å². The van der Waals surface area contributed by atoms with Gasteiger partial charge in [-0.1, -0.05) is 39.0 Å². The summed E-state index contributed by atoms with van der Waals surface area (Å²) >= 11 is 0. The van der Waals surface area contributed by atoms with Gasteiger partial charge in [-0.05, 0) is 36.8 Å². The lowest BCUT2D eigenvalue weighted by atomic mass is 10.1. The highest BCUT2D eigenvalue weighted by Gasteiger charge is 2.48. The van der Waals surface area contributed by atoms with Gasteiger partial charge in [0.1, 0.15) is 0 Å². The summed E-state index contributed by atoms with van der Waals surface area (Å²) in [6, 6.07) is 6.03. The van der Waals surface area contributed by atoms with Crippen LogP contribution < -0.4 is 10.6 Å². The molecule has 0 heterocycles. The number of carbonyl (C=O) groups excluding carboxylic acids is 2. The second-order valence-electron chi connectivity index (χ2n) is 6.54. The van der Waals surface area contributed by atoms with Crippen molar-refractivity contribution >= 4 is 17.5 Å². The Morgan fingerprint density at radius 2 is 1.91 bits per heavy atom. The quantitative estimate of drug-likeness (QED) is 0.849. The molecule has 0 saturated heterocycles. The third-order valence-electron chi connectivity index (χ3n) is 4.14. The van der Waals surface area contributed by atoms with Gasteiger partial charge in [0.2, 0.25) is 11.8 Å². The highest BCUT2D eigenvalue weighted by atomic mass is 16.2. The first-order chi connectivity index (χ1) is 10.4. The van der Waals surface area contributed by atoms with Crippen LogP contribution in [-0.4, -0.2) is 18.4 Å². The predicted octanol–water partition coefficient (Wildman–Crippen LogP) is 2.90. The van der Waals surface area contributed by atoms with Crippen LogP contribution in [0.15, 0.2) is 18.2 Å². The molecule has 1 aliphatic rings. The van der Waals surface area contributed by atoms with Gasteiger partial charge >= 0.3 is 0 Å². The summed E-state index contributed by atoms with van der Waals surface area (Å²) in [4.78, 5) is 24.3. The Hall–Kier alpha value is -1.84. The number of nitrogens with one attached hydrogen (secondary N) is 2. The van der Waals surface area contributed by atoms with Crippen molar-refractivity contribution in [2.45, 2.75) is 40.5 Å². The molecule has 1 aromatic rings. The summed E-state index contributed by atoms with van der Waals surface area (Å²) in [7, 11) is 0. The van der Waals surface area contributed by atoms with Crippen molar-refractivity contribution in [1.82, 2.24) is 5.32 Å². The predicted molar refractivity (Wildman–Crippen MR) is 88.6 cm³/mol. The number of anilines is 1. The Balaban J connectivity index is 1.94. The number of amides is 2. The van der Waals surface area contributed by atoms with Crippen LogP contribution in [0.3, 0.4) is 0 Å². The fraction of sp³-hybridized carbons (Fsp3) is 0.556. The fourth-order valence-corrected chi connectivity index (χ4v) is 2.63. The van der Waals surface area contributed by atoms with E-state index < -0.39 is 0 Å². The molecule has 0 radical (unpaired) electrons. The lowest BCUT2D eigenvalue weighted by molar-refractivity contribution is -0.125. The van der Waals surface area contributed by atoms with Gasteiger partial charge in [0.05, 0.1) is 11.8 Å². The minimum absolute atomic E-state index is 0.00866. The summed E-state index contributed by atoms with van der Waals surface area (Å²) in [6.07, 6.45) is 1.53. The van der Waals surface area contributed by atoms with E-state index in [1.165, 1.54) is 0 Å². The standard InChI is InChI=1S/C18H26N2O2/c1-5-13-8-6-7-12(4)16(13)20-18(22)15-9-14(15)17(21)19-10-11(2)3/h6-8,11,14-15H,5,9-10H2,1-4H3,(H,19,21)(H,20,22). The largest absolute Gasteiger partial charge is 0.356 e. The van der Waals surface area contributed by atoms with Gasteiger partial charge in [-0.3, -0.25) is 9.59 Å². The average Bonchev–Trinajstić information content (AvgIpc) is 3.27. The summed E-state index contributed by atoms with van der Waals surface area (Å²) in [5.41, 5.74) is 3.10. The zero-order valence-electron chi connectivity index (χ0n) is 13.9. The van der Waals surface area contributed by atoms with E-state index in [0.717, 1.165) is 23.2 Å². The molecular formula is C18H26N2O2. The third kappa shape index (κ3) is 3.87. The van der Waals surface area contributed by atoms with Crippen molar-refractivity contribution in [3.05, 3.63) is 29.3 Å². The summed E-state index contributed by atoms with van der Waals surface area (Å²) in [6.45, 7) is 8.85. The normalized spacial score (nSPS) is 19.9. The highest BCUT2D eigenvalue weighted by molar-refractivity contribution is 6.00. The average molecular weight is 302 g/mol. The Morgan fingerprint density at radius 1 is 1.23 bits per heavy atom. The topological polar surface area (TPSA) is 58.2 Å². The maximum Gasteiger partial charge on any atom is 0.228 e. The molecule has 2 rings (SSSR count). The van der Waals surface area contributed by atoms with Gasteiger partial charge in [-0.25, -0.2) is 0 Å². The number of aryl methyl sites for hydroxylation is 2. The van der Waals surface area contributed by atoms with E-state index in [1.54, 1.807) is 0 Å². The third-order valence-corrected chi connectivity index (χ3v) is 4.14. The number of carbonyl (C=O) groups is 2. The smallest absolute Gasteiger partial charge is 0.228 e. The molecule has 1 saturated carbocycles. The van der Waals surface area contributed by atoms with Gasteiger partial charge < -0.3 is 10.6 Å². The molecule has 0 spiro atoms. The van der Waals surface area contributed by atoms with E-state index in [4.69, 9.17) is 0 Å². The SMILES string of the molecule is CCc1cccc(C)c1NC(=O)C1CC1C(=O)NCC(C)C. The molecule has 1 aliphatic carbocycles. The first-order valence-electron chi connectivity index (χ1n) is 8.11. The first kappa shape index (κ1) is 16.5. The molecule has 120 valence electrons. The van der Waals surface area contributed by atoms with Gasteiger partial charge in [-0.2, -0.15) is 0 Å². The van der Waals surface area contributed by atoms with Crippen molar-refractivity contribution in [2.24, 2.45) is 17.8 Å². The monoisotopic (exact) mass is 302 g/mol. The molecule has 0 bridgehead atoms. The lowest BCUT2D eigenvalue weighted by Gasteiger charge is -2.13. The van der Waals surface area contributed by atoms with Crippen LogP contribution in [0.4, 0.5) is 5.69 Å². The van der Waals surface area contributed by atoms with E-state index in [-0.39, 0.29) is 23.7 Å². The molecule has 0 aromatic heterocycles. The number of benzene rings is 1. The molecule has 2 amide bonds. The van der Waals surface area contributed by atoms with Crippen LogP contribution >= 0.6 is 0 Å². The molecular weight excluding hydrogens is 276 g/mol. The van der Waals surface area contributed by atoms with Gasteiger partial charge in [-0.15, -0.1) is 0 Å². The van der Waals surface area contributed by atoms with Crippen molar-refractivity contribution in [3.8, 4) is 0 Å².